The zero-order chi connectivity index (χ0) is 26.7. The number of carbonyl (C=O) groups excluding carboxylic acids is 1. The van der Waals surface area contributed by atoms with Crippen molar-refractivity contribution >= 4 is 17.2 Å². The molecule has 198 valence electrons. The number of piperidine rings is 1. The van der Waals surface area contributed by atoms with Crippen LogP contribution in [0.5, 0.6) is 11.5 Å². The zero-order valence-corrected chi connectivity index (χ0v) is 20.5. The van der Waals surface area contributed by atoms with Crippen molar-refractivity contribution in [2.24, 2.45) is 11.7 Å². The number of primary amides is 1. The minimum Gasteiger partial charge on any atom is -0.493 e. The molecular formula is C28H27F3N4O3. The summed E-state index contributed by atoms with van der Waals surface area (Å²) in [5, 5.41) is 0. The van der Waals surface area contributed by atoms with Crippen LogP contribution in [-0.2, 0) is 6.42 Å². The number of pyridine rings is 1. The maximum absolute atomic E-state index is 12.3. The van der Waals surface area contributed by atoms with Crippen molar-refractivity contribution in [1.82, 2.24) is 9.38 Å². The van der Waals surface area contributed by atoms with Crippen LogP contribution in [-0.4, -0.2) is 41.4 Å². The predicted molar refractivity (Wildman–Crippen MR) is 137 cm³/mol. The number of fused-ring (bicyclic) bond motifs is 1. The number of halogens is 3. The maximum Gasteiger partial charge on any atom is 0.573 e. The number of alkyl halides is 3. The summed E-state index contributed by atoms with van der Waals surface area (Å²) in [5.41, 5.74) is 9.54. The molecule has 0 radical (unpaired) electrons. The molecule has 10 heteroatoms. The fourth-order valence-electron chi connectivity index (χ4n) is 4.76. The van der Waals surface area contributed by atoms with Crippen molar-refractivity contribution in [3.8, 4) is 11.5 Å². The topological polar surface area (TPSA) is 82.1 Å². The fourth-order valence-corrected chi connectivity index (χ4v) is 4.76. The van der Waals surface area contributed by atoms with Gasteiger partial charge in [-0.25, -0.2) is 4.98 Å². The van der Waals surface area contributed by atoms with Gasteiger partial charge in [-0.1, -0.05) is 18.2 Å². The van der Waals surface area contributed by atoms with Gasteiger partial charge in [0.2, 0.25) is 0 Å². The lowest BCUT2D eigenvalue weighted by Gasteiger charge is -2.33. The Kier molecular flexibility index (Phi) is 7.13. The van der Waals surface area contributed by atoms with Crippen molar-refractivity contribution in [2.75, 3.05) is 24.6 Å². The van der Waals surface area contributed by atoms with Gasteiger partial charge >= 0.3 is 6.36 Å². The van der Waals surface area contributed by atoms with Crippen LogP contribution in [0.2, 0.25) is 0 Å². The number of benzene rings is 2. The van der Waals surface area contributed by atoms with Gasteiger partial charge in [-0.2, -0.15) is 0 Å². The van der Waals surface area contributed by atoms with E-state index in [0.29, 0.717) is 41.7 Å². The molecule has 38 heavy (non-hydrogen) atoms. The van der Waals surface area contributed by atoms with Crippen LogP contribution in [0.15, 0.2) is 72.9 Å². The minimum absolute atomic E-state index is 0.268. The van der Waals surface area contributed by atoms with Gasteiger partial charge in [-0.15, -0.1) is 13.2 Å². The molecule has 1 saturated heterocycles. The van der Waals surface area contributed by atoms with E-state index in [2.05, 4.69) is 26.8 Å². The molecule has 1 fully saturated rings. The third kappa shape index (κ3) is 6.01. The van der Waals surface area contributed by atoms with Crippen LogP contribution in [0.4, 0.5) is 18.9 Å². The van der Waals surface area contributed by atoms with Gasteiger partial charge in [0.25, 0.3) is 5.91 Å². The van der Waals surface area contributed by atoms with Crippen LogP contribution in [0.25, 0.3) is 5.65 Å². The Morgan fingerprint density at radius 2 is 1.66 bits per heavy atom. The highest BCUT2D eigenvalue weighted by Gasteiger charge is 2.31. The zero-order valence-electron chi connectivity index (χ0n) is 20.5. The molecule has 2 aromatic carbocycles. The standard InChI is InChI=1S/C28H27F3N4O3/c29-28(30,31)38-23-10-8-22(9-11-23)37-18-20-12-15-34(16-13-20)21-6-4-19(5-7-21)17-24-26(27(32)36)35-14-2-1-3-25(35)33-24/h1-11,14,20H,12-13,15-18H2,(H2,32,36). The second-order valence-electron chi connectivity index (χ2n) is 9.30. The predicted octanol–water partition coefficient (Wildman–Crippen LogP) is 5.22. The summed E-state index contributed by atoms with van der Waals surface area (Å²) in [5.74, 6) is 0.104. The number of ether oxygens (including phenoxy) is 2. The van der Waals surface area contributed by atoms with E-state index >= 15 is 0 Å². The number of nitrogens with zero attached hydrogens (tertiary/aromatic N) is 3. The van der Waals surface area contributed by atoms with Gasteiger partial charge in [0.1, 0.15) is 22.8 Å². The Labute approximate surface area is 217 Å². The molecule has 0 unspecified atom stereocenters. The van der Waals surface area contributed by atoms with Crippen LogP contribution in [0.3, 0.4) is 0 Å². The first-order valence-corrected chi connectivity index (χ1v) is 12.3. The molecule has 0 saturated carbocycles. The van der Waals surface area contributed by atoms with Gasteiger partial charge in [-0.05, 0) is 72.9 Å². The Hall–Kier alpha value is -4.21. The number of carbonyl (C=O) groups is 1. The summed E-state index contributed by atoms with van der Waals surface area (Å²) in [6, 6.07) is 19.3. The molecular weight excluding hydrogens is 497 g/mol. The van der Waals surface area contributed by atoms with Crippen LogP contribution < -0.4 is 20.1 Å². The first-order valence-electron chi connectivity index (χ1n) is 12.3. The average molecular weight is 525 g/mol. The number of imidazole rings is 1. The first-order chi connectivity index (χ1) is 18.2. The van der Waals surface area contributed by atoms with Gasteiger partial charge in [0.05, 0.1) is 12.3 Å². The normalized spacial score (nSPS) is 14.6. The van der Waals surface area contributed by atoms with Crippen molar-refractivity contribution in [3.63, 3.8) is 0 Å². The summed E-state index contributed by atoms with van der Waals surface area (Å²) in [4.78, 5) is 19.0. The van der Waals surface area contributed by atoms with Crippen LogP contribution in [0, 0.1) is 5.92 Å². The highest BCUT2D eigenvalue weighted by molar-refractivity contribution is 5.93. The molecule has 1 amide bonds. The number of aromatic nitrogens is 2. The minimum atomic E-state index is -4.71. The fraction of sp³-hybridized carbons (Fsp3) is 0.286. The highest BCUT2D eigenvalue weighted by atomic mass is 19.4. The number of hydrogen-bond acceptors (Lipinski definition) is 5. The van der Waals surface area contributed by atoms with E-state index in [9.17, 15) is 18.0 Å². The van der Waals surface area contributed by atoms with Gasteiger partial charge in [-0.3, -0.25) is 9.20 Å². The Bertz CT molecular complexity index is 1390. The molecule has 3 heterocycles. The molecule has 0 aliphatic carbocycles. The quantitative estimate of drug-likeness (QED) is 0.342. The number of anilines is 1. The molecule has 5 rings (SSSR count). The van der Waals surface area contributed by atoms with E-state index in [1.165, 1.54) is 24.3 Å². The average Bonchev–Trinajstić information content (AvgIpc) is 3.26. The smallest absolute Gasteiger partial charge is 0.493 e. The molecule has 0 bridgehead atoms. The van der Waals surface area contributed by atoms with Crippen LogP contribution >= 0.6 is 0 Å². The summed E-state index contributed by atoms with van der Waals surface area (Å²) in [6.07, 6.45) is -0.531. The number of amides is 1. The Balaban J connectivity index is 1.13. The Morgan fingerprint density at radius 1 is 0.974 bits per heavy atom. The first kappa shape index (κ1) is 25.4. The third-order valence-corrected chi connectivity index (χ3v) is 6.67. The number of rotatable bonds is 8. The second-order valence-corrected chi connectivity index (χ2v) is 9.30. The van der Waals surface area contributed by atoms with E-state index in [-0.39, 0.29) is 5.75 Å². The molecule has 7 nitrogen and oxygen atoms in total. The lowest BCUT2D eigenvalue weighted by Crippen LogP contribution is -2.35. The summed E-state index contributed by atoms with van der Waals surface area (Å²) in [6.45, 7) is 2.27. The maximum atomic E-state index is 12.3. The molecule has 0 spiro atoms. The third-order valence-electron chi connectivity index (χ3n) is 6.67. The van der Waals surface area contributed by atoms with Crippen molar-refractivity contribution < 1.29 is 27.4 Å². The number of hydrogen-bond donors (Lipinski definition) is 1. The van der Waals surface area contributed by atoms with E-state index < -0.39 is 12.3 Å². The van der Waals surface area contributed by atoms with E-state index in [0.717, 1.165) is 37.2 Å². The largest absolute Gasteiger partial charge is 0.573 e. The van der Waals surface area contributed by atoms with Gasteiger partial charge in [0.15, 0.2) is 0 Å². The monoisotopic (exact) mass is 524 g/mol. The van der Waals surface area contributed by atoms with E-state index in [1.807, 2.05) is 30.3 Å². The highest BCUT2D eigenvalue weighted by Crippen LogP contribution is 2.27. The van der Waals surface area contributed by atoms with Crippen molar-refractivity contribution in [2.45, 2.75) is 25.6 Å². The van der Waals surface area contributed by atoms with Crippen molar-refractivity contribution in [3.05, 3.63) is 89.9 Å². The Morgan fingerprint density at radius 3 is 2.32 bits per heavy atom. The summed E-state index contributed by atoms with van der Waals surface area (Å²) >= 11 is 0. The van der Waals surface area contributed by atoms with Crippen molar-refractivity contribution in [1.29, 1.82) is 0 Å². The molecule has 1 aliphatic heterocycles. The molecule has 2 N–H and O–H groups in total. The van der Waals surface area contributed by atoms with E-state index in [4.69, 9.17) is 10.5 Å². The molecule has 2 aromatic heterocycles. The lowest BCUT2D eigenvalue weighted by atomic mass is 9.97. The summed E-state index contributed by atoms with van der Waals surface area (Å²) in [7, 11) is 0. The van der Waals surface area contributed by atoms with Gasteiger partial charge < -0.3 is 20.1 Å². The van der Waals surface area contributed by atoms with E-state index in [1.54, 1.807) is 10.6 Å². The molecule has 1 aliphatic rings. The number of nitrogens with two attached hydrogens (primary N) is 1. The SMILES string of the molecule is NC(=O)c1c(Cc2ccc(N3CCC(COc4ccc(OC(F)(F)F)cc4)CC3)cc2)nc2ccccn12. The molecule has 4 aromatic rings. The lowest BCUT2D eigenvalue weighted by molar-refractivity contribution is -0.274. The van der Waals surface area contributed by atoms with Gasteiger partial charge in [0, 0.05) is 31.4 Å². The van der Waals surface area contributed by atoms with Crippen LogP contribution in [0.1, 0.15) is 34.6 Å². The summed E-state index contributed by atoms with van der Waals surface area (Å²) < 4.78 is 48.3. The molecule has 0 atom stereocenters. The second kappa shape index (κ2) is 10.6.